The van der Waals surface area contributed by atoms with E-state index in [0.29, 0.717) is 23.4 Å². The van der Waals surface area contributed by atoms with Gasteiger partial charge in [-0.25, -0.2) is 9.78 Å². The molecule has 10 heteroatoms. The van der Waals surface area contributed by atoms with Crippen LogP contribution in [0.2, 0.25) is 5.02 Å². The second-order valence-corrected chi connectivity index (χ2v) is 7.74. The second kappa shape index (κ2) is 9.18. The van der Waals surface area contributed by atoms with Gasteiger partial charge in [0.25, 0.3) is 5.56 Å². The highest BCUT2D eigenvalue weighted by molar-refractivity contribution is 6.35. The topological polar surface area (TPSA) is 76.0 Å². The quantitative estimate of drug-likeness (QED) is 0.357. The van der Waals surface area contributed by atoms with Gasteiger partial charge in [0.1, 0.15) is 5.82 Å². The molecule has 0 saturated carbocycles. The van der Waals surface area contributed by atoms with E-state index in [1.807, 2.05) is 6.92 Å². The van der Waals surface area contributed by atoms with E-state index in [-0.39, 0.29) is 27.3 Å². The molecule has 174 valence electrons. The van der Waals surface area contributed by atoms with Crippen molar-refractivity contribution in [3.63, 3.8) is 0 Å². The van der Waals surface area contributed by atoms with E-state index in [2.05, 4.69) is 15.6 Å². The van der Waals surface area contributed by atoms with E-state index < -0.39 is 17.8 Å². The maximum Gasteiger partial charge on any atom is 0.418 e. The first-order valence-corrected chi connectivity index (χ1v) is 10.6. The number of carbonyl (C=O) groups is 1. The number of nitrogens with one attached hydrogen (secondary N) is 2. The molecule has 0 spiro atoms. The number of para-hydroxylation sites is 1. The Labute approximate surface area is 197 Å². The Balaban J connectivity index is 1.67. The first-order valence-electron chi connectivity index (χ1n) is 10.2. The zero-order chi connectivity index (χ0) is 24.5. The van der Waals surface area contributed by atoms with Gasteiger partial charge in [0.05, 0.1) is 32.9 Å². The highest BCUT2D eigenvalue weighted by Crippen LogP contribution is 2.34. The molecule has 0 fully saturated rings. The van der Waals surface area contributed by atoms with Crippen molar-refractivity contribution in [2.45, 2.75) is 19.5 Å². The van der Waals surface area contributed by atoms with Crippen LogP contribution in [0.4, 0.5) is 29.3 Å². The van der Waals surface area contributed by atoms with Crippen LogP contribution in [0, 0.1) is 0 Å². The van der Waals surface area contributed by atoms with Gasteiger partial charge in [0.15, 0.2) is 0 Å². The van der Waals surface area contributed by atoms with Gasteiger partial charge < -0.3 is 10.6 Å². The third-order valence-corrected chi connectivity index (χ3v) is 5.39. The highest BCUT2D eigenvalue weighted by Gasteiger charge is 2.33. The van der Waals surface area contributed by atoms with Crippen LogP contribution in [0.25, 0.3) is 16.6 Å². The van der Waals surface area contributed by atoms with Crippen LogP contribution in [0.3, 0.4) is 0 Å². The molecule has 34 heavy (non-hydrogen) atoms. The lowest BCUT2D eigenvalue weighted by molar-refractivity contribution is -0.136. The number of alkyl halides is 3. The van der Waals surface area contributed by atoms with Crippen molar-refractivity contribution in [1.82, 2.24) is 9.55 Å². The largest absolute Gasteiger partial charge is 0.418 e. The standard InChI is InChI=1S/C24H18ClF3N4O2/c1-2-20-30-19-12-6-10-17(25)21(19)22(33)32(20)15-8-5-7-14(13-15)29-23(34)31-18-11-4-3-9-16(18)24(26,27)28/h3-13H,2H2,1H3,(H2,29,31,34). The van der Waals surface area contributed by atoms with Crippen LogP contribution in [0.5, 0.6) is 0 Å². The SMILES string of the molecule is CCc1nc2cccc(Cl)c2c(=O)n1-c1cccc(NC(=O)Nc2ccccc2C(F)(F)F)c1. The molecule has 2 N–H and O–H groups in total. The van der Waals surface area contributed by atoms with Crippen LogP contribution >= 0.6 is 11.6 Å². The van der Waals surface area contributed by atoms with E-state index in [4.69, 9.17) is 11.6 Å². The van der Waals surface area contributed by atoms with Gasteiger partial charge in [-0.2, -0.15) is 13.2 Å². The van der Waals surface area contributed by atoms with Gasteiger partial charge in [-0.1, -0.05) is 42.8 Å². The number of hydrogen-bond donors (Lipinski definition) is 2. The molecule has 4 aromatic rings. The summed E-state index contributed by atoms with van der Waals surface area (Å²) < 4.78 is 41.0. The molecule has 0 radical (unpaired) electrons. The minimum atomic E-state index is -4.62. The van der Waals surface area contributed by atoms with Gasteiger partial charge in [-0.3, -0.25) is 9.36 Å². The number of aryl methyl sites for hydroxylation is 1. The average molecular weight is 487 g/mol. The number of halogens is 4. The fraction of sp³-hybridized carbons (Fsp3) is 0.125. The summed E-state index contributed by atoms with van der Waals surface area (Å²) in [4.78, 5) is 30.2. The molecule has 0 saturated heterocycles. The Kier molecular flexibility index (Phi) is 6.30. The first-order chi connectivity index (χ1) is 16.2. The number of amides is 2. The summed E-state index contributed by atoms with van der Waals surface area (Å²) in [5, 5.41) is 5.26. The summed E-state index contributed by atoms with van der Waals surface area (Å²) in [6.45, 7) is 1.85. The van der Waals surface area contributed by atoms with Crippen LogP contribution in [-0.4, -0.2) is 15.6 Å². The van der Waals surface area contributed by atoms with Crippen molar-refractivity contribution < 1.29 is 18.0 Å². The molecule has 0 aliphatic rings. The number of rotatable bonds is 4. The number of aromatic nitrogens is 2. The Morgan fingerprint density at radius 1 is 1.03 bits per heavy atom. The fourth-order valence-electron chi connectivity index (χ4n) is 3.59. The van der Waals surface area contributed by atoms with Gasteiger partial charge in [-0.05, 0) is 42.5 Å². The molecule has 3 aromatic carbocycles. The molecule has 0 bridgehead atoms. The zero-order valence-corrected chi connectivity index (χ0v) is 18.5. The van der Waals surface area contributed by atoms with E-state index in [0.717, 1.165) is 12.1 Å². The molecule has 0 aliphatic heterocycles. The van der Waals surface area contributed by atoms with Crippen molar-refractivity contribution in [2.75, 3.05) is 10.6 Å². The fourth-order valence-corrected chi connectivity index (χ4v) is 3.84. The minimum absolute atomic E-state index is 0.265. The molecule has 1 heterocycles. The summed E-state index contributed by atoms with van der Waals surface area (Å²) in [6, 6.07) is 15.2. The van der Waals surface area contributed by atoms with Gasteiger partial charge in [0, 0.05) is 12.1 Å². The van der Waals surface area contributed by atoms with E-state index in [1.165, 1.54) is 22.8 Å². The molecule has 0 unspecified atom stereocenters. The molecule has 2 amide bonds. The van der Waals surface area contributed by atoms with Crippen LogP contribution in [-0.2, 0) is 12.6 Å². The van der Waals surface area contributed by atoms with Crippen molar-refractivity contribution in [3.05, 3.63) is 93.5 Å². The summed E-state index contributed by atoms with van der Waals surface area (Å²) in [7, 11) is 0. The molecule has 6 nitrogen and oxygen atoms in total. The van der Waals surface area contributed by atoms with Crippen molar-refractivity contribution in [3.8, 4) is 5.69 Å². The lowest BCUT2D eigenvalue weighted by Crippen LogP contribution is -2.24. The predicted molar refractivity (Wildman–Crippen MR) is 126 cm³/mol. The number of carbonyl (C=O) groups excluding carboxylic acids is 1. The Bertz CT molecular complexity index is 1450. The maximum absolute atomic E-state index is 13.3. The minimum Gasteiger partial charge on any atom is -0.308 e. The Morgan fingerprint density at radius 2 is 1.76 bits per heavy atom. The van der Waals surface area contributed by atoms with Crippen LogP contribution in [0.15, 0.2) is 71.5 Å². The van der Waals surface area contributed by atoms with Crippen molar-refractivity contribution >= 4 is 39.9 Å². The number of hydrogen-bond acceptors (Lipinski definition) is 3. The predicted octanol–water partition coefficient (Wildman–Crippen LogP) is 6.26. The average Bonchev–Trinajstić information content (AvgIpc) is 2.78. The van der Waals surface area contributed by atoms with E-state index in [9.17, 15) is 22.8 Å². The first kappa shape index (κ1) is 23.3. The molecular weight excluding hydrogens is 469 g/mol. The summed E-state index contributed by atoms with van der Waals surface area (Å²) >= 11 is 6.24. The zero-order valence-electron chi connectivity index (χ0n) is 17.8. The lowest BCUT2D eigenvalue weighted by atomic mass is 10.1. The third kappa shape index (κ3) is 4.60. The van der Waals surface area contributed by atoms with Crippen LogP contribution in [0.1, 0.15) is 18.3 Å². The number of fused-ring (bicyclic) bond motifs is 1. The third-order valence-electron chi connectivity index (χ3n) is 5.08. The van der Waals surface area contributed by atoms with E-state index >= 15 is 0 Å². The highest BCUT2D eigenvalue weighted by atomic mass is 35.5. The van der Waals surface area contributed by atoms with Crippen molar-refractivity contribution in [2.24, 2.45) is 0 Å². The van der Waals surface area contributed by atoms with Gasteiger partial charge in [0.2, 0.25) is 0 Å². The second-order valence-electron chi connectivity index (χ2n) is 7.33. The molecule has 0 aliphatic carbocycles. The molecule has 4 rings (SSSR count). The number of urea groups is 1. The molecule has 1 aromatic heterocycles. The smallest absolute Gasteiger partial charge is 0.308 e. The van der Waals surface area contributed by atoms with Gasteiger partial charge >= 0.3 is 12.2 Å². The molecule has 0 atom stereocenters. The number of benzene rings is 3. The lowest BCUT2D eigenvalue weighted by Gasteiger charge is -2.16. The summed E-state index contributed by atoms with van der Waals surface area (Å²) in [5.74, 6) is 0.487. The number of anilines is 2. The monoisotopic (exact) mass is 486 g/mol. The number of nitrogens with zero attached hydrogens (tertiary/aromatic N) is 2. The maximum atomic E-state index is 13.3. The summed E-state index contributed by atoms with van der Waals surface area (Å²) in [5.41, 5.74) is -0.535. The van der Waals surface area contributed by atoms with Gasteiger partial charge in [-0.15, -0.1) is 0 Å². The summed E-state index contributed by atoms with van der Waals surface area (Å²) in [6.07, 6.45) is -4.17. The van der Waals surface area contributed by atoms with Crippen molar-refractivity contribution in [1.29, 1.82) is 0 Å². The Hall–Kier alpha value is -3.85. The van der Waals surface area contributed by atoms with Crippen LogP contribution < -0.4 is 16.2 Å². The van der Waals surface area contributed by atoms with E-state index in [1.54, 1.807) is 36.4 Å². The normalized spacial score (nSPS) is 11.4. The Morgan fingerprint density at radius 3 is 2.50 bits per heavy atom. The molecular formula is C24H18ClF3N4O2.